The molecule has 1 aromatic carbocycles. The van der Waals surface area contributed by atoms with Crippen molar-refractivity contribution in [3.63, 3.8) is 0 Å². The summed E-state index contributed by atoms with van der Waals surface area (Å²) in [7, 11) is 1.92. The minimum absolute atomic E-state index is 0. The number of aromatic nitrogens is 2. The average Bonchev–Trinajstić information content (AvgIpc) is 2.85. The SMILES string of the molecule is CNC(C)Cc1noc(/C=C/c2ccccc2)n1.Cl. The average molecular weight is 280 g/mol. The Bertz CT molecular complexity index is 510. The van der Waals surface area contributed by atoms with E-state index in [1.165, 1.54) is 0 Å². The van der Waals surface area contributed by atoms with E-state index in [0.717, 1.165) is 17.8 Å². The van der Waals surface area contributed by atoms with Crippen molar-refractivity contribution in [2.75, 3.05) is 7.05 Å². The number of nitrogens with one attached hydrogen (secondary N) is 1. The van der Waals surface area contributed by atoms with Crippen molar-refractivity contribution in [3.8, 4) is 0 Å². The Morgan fingerprint density at radius 1 is 1.26 bits per heavy atom. The summed E-state index contributed by atoms with van der Waals surface area (Å²) in [4.78, 5) is 4.31. The summed E-state index contributed by atoms with van der Waals surface area (Å²) in [6, 6.07) is 10.4. The largest absolute Gasteiger partial charge is 0.335 e. The second-order valence-corrected chi connectivity index (χ2v) is 4.19. The van der Waals surface area contributed by atoms with Gasteiger partial charge in [0.1, 0.15) is 0 Å². The predicted molar refractivity (Wildman–Crippen MR) is 79.1 cm³/mol. The van der Waals surface area contributed by atoms with E-state index in [1.807, 2.05) is 49.5 Å². The zero-order valence-corrected chi connectivity index (χ0v) is 11.9. The van der Waals surface area contributed by atoms with Crippen LogP contribution >= 0.6 is 12.4 Å². The maximum absolute atomic E-state index is 5.16. The van der Waals surface area contributed by atoms with Gasteiger partial charge in [0.15, 0.2) is 5.82 Å². The Kier molecular flexibility index (Phi) is 6.25. The smallest absolute Gasteiger partial charge is 0.250 e. The summed E-state index contributed by atoms with van der Waals surface area (Å²) in [6.07, 6.45) is 4.55. The van der Waals surface area contributed by atoms with Crippen LogP contribution in [0.15, 0.2) is 34.9 Å². The van der Waals surface area contributed by atoms with Gasteiger partial charge in [-0.3, -0.25) is 0 Å². The summed E-state index contributed by atoms with van der Waals surface area (Å²) >= 11 is 0. The lowest BCUT2D eigenvalue weighted by atomic mass is 10.2. The van der Waals surface area contributed by atoms with Gasteiger partial charge in [-0.15, -0.1) is 12.4 Å². The summed E-state index contributed by atoms with van der Waals surface area (Å²) in [5.41, 5.74) is 1.11. The molecule has 2 rings (SSSR count). The molecule has 0 radical (unpaired) electrons. The van der Waals surface area contributed by atoms with Crippen LogP contribution in [0.5, 0.6) is 0 Å². The second-order valence-electron chi connectivity index (χ2n) is 4.19. The molecule has 0 saturated heterocycles. The standard InChI is InChI=1S/C14H17N3O.ClH/c1-11(15-2)10-13-16-14(18-17-13)9-8-12-6-4-3-5-7-12;/h3-9,11,15H,10H2,1-2H3;1H/b9-8+;. The number of likely N-dealkylation sites (N-methyl/N-ethyl adjacent to an activating group) is 1. The molecule has 2 aromatic rings. The molecule has 1 atom stereocenters. The van der Waals surface area contributed by atoms with Crippen molar-refractivity contribution in [3.05, 3.63) is 47.6 Å². The molecule has 0 saturated carbocycles. The van der Waals surface area contributed by atoms with Crippen LogP contribution in [-0.4, -0.2) is 23.2 Å². The number of benzene rings is 1. The fourth-order valence-corrected chi connectivity index (χ4v) is 1.53. The maximum Gasteiger partial charge on any atom is 0.250 e. The molecular weight excluding hydrogens is 262 g/mol. The lowest BCUT2D eigenvalue weighted by molar-refractivity contribution is 0.400. The molecule has 102 valence electrons. The predicted octanol–water partition coefficient (Wildman–Crippen LogP) is 2.81. The number of halogens is 1. The van der Waals surface area contributed by atoms with Crippen LogP contribution < -0.4 is 5.32 Å². The Morgan fingerprint density at radius 2 is 2.00 bits per heavy atom. The highest BCUT2D eigenvalue weighted by Crippen LogP contribution is 2.07. The first kappa shape index (κ1) is 15.4. The van der Waals surface area contributed by atoms with Gasteiger partial charge in [0.05, 0.1) is 0 Å². The minimum atomic E-state index is 0. The highest BCUT2D eigenvalue weighted by Gasteiger charge is 2.07. The Balaban J connectivity index is 0.00000180. The van der Waals surface area contributed by atoms with Crippen molar-refractivity contribution < 1.29 is 4.52 Å². The lowest BCUT2D eigenvalue weighted by Gasteiger charge is -2.04. The van der Waals surface area contributed by atoms with Gasteiger partial charge in [-0.2, -0.15) is 4.98 Å². The molecule has 19 heavy (non-hydrogen) atoms. The molecule has 1 N–H and O–H groups in total. The number of hydrogen-bond acceptors (Lipinski definition) is 4. The minimum Gasteiger partial charge on any atom is -0.335 e. The highest BCUT2D eigenvalue weighted by atomic mass is 35.5. The molecular formula is C14H18ClN3O. The zero-order valence-electron chi connectivity index (χ0n) is 11.0. The fourth-order valence-electron chi connectivity index (χ4n) is 1.53. The first-order valence-corrected chi connectivity index (χ1v) is 6.01. The molecule has 0 aliphatic heterocycles. The van der Waals surface area contributed by atoms with Gasteiger partial charge < -0.3 is 9.84 Å². The number of nitrogens with zero attached hydrogens (tertiary/aromatic N) is 2. The lowest BCUT2D eigenvalue weighted by Crippen LogP contribution is -2.24. The third-order valence-electron chi connectivity index (χ3n) is 2.68. The van der Waals surface area contributed by atoms with Gasteiger partial charge in [0.25, 0.3) is 5.89 Å². The van der Waals surface area contributed by atoms with E-state index in [1.54, 1.807) is 0 Å². The van der Waals surface area contributed by atoms with Crippen molar-refractivity contribution in [2.45, 2.75) is 19.4 Å². The van der Waals surface area contributed by atoms with Crippen LogP contribution in [0.2, 0.25) is 0 Å². The van der Waals surface area contributed by atoms with Crippen molar-refractivity contribution in [1.82, 2.24) is 15.5 Å². The third-order valence-corrected chi connectivity index (χ3v) is 2.68. The zero-order chi connectivity index (χ0) is 12.8. The van der Waals surface area contributed by atoms with E-state index in [0.29, 0.717) is 11.9 Å². The summed E-state index contributed by atoms with van der Waals surface area (Å²) in [6.45, 7) is 2.08. The van der Waals surface area contributed by atoms with Crippen LogP contribution in [0, 0.1) is 0 Å². The number of hydrogen-bond donors (Lipinski definition) is 1. The van der Waals surface area contributed by atoms with E-state index in [9.17, 15) is 0 Å². The Hall–Kier alpha value is -1.65. The Morgan fingerprint density at radius 3 is 2.68 bits per heavy atom. The molecule has 1 unspecified atom stereocenters. The van der Waals surface area contributed by atoms with E-state index in [-0.39, 0.29) is 12.4 Å². The third kappa shape index (κ3) is 4.85. The van der Waals surface area contributed by atoms with Gasteiger partial charge in [-0.25, -0.2) is 0 Å². The van der Waals surface area contributed by atoms with Crippen LogP contribution in [0.1, 0.15) is 24.2 Å². The molecule has 0 fully saturated rings. The molecule has 1 heterocycles. The van der Waals surface area contributed by atoms with E-state index in [2.05, 4.69) is 22.4 Å². The molecule has 5 heteroatoms. The summed E-state index contributed by atoms with van der Waals surface area (Å²) in [5, 5.41) is 7.08. The maximum atomic E-state index is 5.16. The normalized spacial score (nSPS) is 12.3. The van der Waals surface area contributed by atoms with Gasteiger partial charge in [0.2, 0.25) is 0 Å². The van der Waals surface area contributed by atoms with Crippen LogP contribution in [0.3, 0.4) is 0 Å². The summed E-state index contributed by atoms with van der Waals surface area (Å²) < 4.78 is 5.16. The fraction of sp³-hybridized carbons (Fsp3) is 0.286. The molecule has 0 aliphatic rings. The molecule has 0 bridgehead atoms. The van der Waals surface area contributed by atoms with Crippen LogP contribution in [-0.2, 0) is 6.42 Å². The van der Waals surface area contributed by atoms with Crippen molar-refractivity contribution in [1.29, 1.82) is 0 Å². The van der Waals surface area contributed by atoms with E-state index in [4.69, 9.17) is 4.52 Å². The summed E-state index contributed by atoms with van der Waals surface area (Å²) in [5.74, 6) is 1.27. The van der Waals surface area contributed by atoms with Gasteiger partial charge in [-0.05, 0) is 25.6 Å². The number of rotatable bonds is 5. The van der Waals surface area contributed by atoms with E-state index >= 15 is 0 Å². The van der Waals surface area contributed by atoms with Gasteiger partial charge >= 0.3 is 0 Å². The van der Waals surface area contributed by atoms with Crippen LogP contribution in [0.25, 0.3) is 12.2 Å². The molecule has 0 spiro atoms. The van der Waals surface area contributed by atoms with Gasteiger partial charge in [0, 0.05) is 18.5 Å². The first-order chi connectivity index (χ1) is 8.78. The Labute approximate surface area is 119 Å². The topological polar surface area (TPSA) is 51.0 Å². The second kappa shape index (κ2) is 7.71. The monoisotopic (exact) mass is 279 g/mol. The van der Waals surface area contributed by atoms with Crippen molar-refractivity contribution >= 4 is 24.6 Å². The van der Waals surface area contributed by atoms with Crippen molar-refractivity contribution in [2.24, 2.45) is 0 Å². The molecule has 1 aromatic heterocycles. The molecule has 0 aliphatic carbocycles. The van der Waals surface area contributed by atoms with Crippen LogP contribution in [0.4, 0.5) is 0 Å². The molecule has 0 amide bonds. The first-order valence-electron chi connectivity index (χ1n) is 6.01. The van der Waals surface area contributed by atoms with Gasteiger partial charge in [-0.1, -0.05) is 35.5 Å². The van der Waals surface area contributed by atoms with E-state index < -0.39 is 0 Å². The quantitative estimate of drug-likeness (QED) is 0.914. The molecule has 4 nitrogen and oxygen atoms in total. The highest BCUT2D eigenvalue weighted by molar-refractivity contribution is 5.85.